The van der Waals surface area contributed by atoms with Gasteiger partial charge in [0.05, 0.1) is 25.5 Å². The summed E-state index contributed by atoms with van der Waals surface area (Å²) in [5.41, 5.74) is 1.47. The summed E-state index contributed by atoms with van der Waals surface area (Å²) in [6, 6.07) is 14.7. The van der Waals surface area contributed by atoms with Crippen LogP contribution in [0.1, 0.15) is 28.5 Å². The van der Waals surface area contributed by atoms with Crippen LogP contribution in [0.3, 0.4) is 0 Å². The molecule has 0 radical (unpaired) electrons. The summed E-state index contributed by atoms with van der Waals surface area (Å²) in [6.45, 7) is 3.10. The number of anilines is 1. The van der Waals surface area contributed by atoms with Crippen molar-refractivity contribution < 1.29 is 31.9 Å². The van der Waals surface area contributed by atoms with Crippen molar-refractivity contribution in [1.82, 2.24) is 14.4 Å². The van der Waals surface area contributed by atoms with Gasteiger partial charge in [-0.15, -0.1) is 0 Å². The molecule has 0 saturated carbocycles. The molecular formula is C28H27F3N4O4. The molecule has 39 heavy (non-hydrogen) atoms. The fraction of sp³-hybridized carbons (Fsp3) is 0.286. The van der Waals surface area contributed by atoms with E-state index in [2.05, 4.69) is 5.32 Å². The molecule has 2 aromatic heterocycles. The highest BCUT2D eigenvalue weighted by molar-refractivity contribution is 5.98. The lowest BCUT2D eigenvalue weighted by Crippen LogP contribution is -2.56. The van der Waals surface area contributed by atoms with E-state index in [1.807, 2.05) is 35.8 Å². The van der Waals surface area contributed by atoms with E-state index in [1.54, 1.807) is 35.3 Å². The number of ether oxygens (including phenoxy) is 1. The number of piperazine rings is 1. The molecule has 1 saturated heterocycles. The summed E-state index contributed by atoms with van der Waals surface area (Å²) in [6.07, 6.45) is -2.87. The van der Waals surface area contributed by atoms with E-state index in [-0.39, 0.29) is 24.2 Å². The number of amides is 3. The van der Waals surface area contributed by atoms with E-state index in [1.165, 1.54) is 12.1 Å². The lowest BCUT2D eigenvalue weighted by Gasteiger charge is -2.39. The molecule has 1 aliphatic rings. The Hall–Kier alpha value is -4.41. The van der Waals surface area contributed by atoms with Gasteiger partial charge in [0.25, 0.3) is 5.91 Å². The molecule has 1 aliphatic heterocycles. The zero-order valence-electron chi connectivity index (χ0n) is 21.4. The monoisotopic (exact) mass is 540 g/mol. The number of fused-ring (bicyclic) bond motifs is 1. The van der Waals surface area contributed by atoms with Crippen LogP contribution in [0.4, 0.5) is 23.7 Å². The van der Waals surface area contributed by atoms with E-state index in [0.717, 1.165) is 23.1 Å². The van der Waals surface area contributed by atoms with Crippen molar-refractivity contribution in [1.29, 1.82) is 0 Å². The average Bonchev–Trinajstić information content (AvgIpc) is 3.50. The first-order chi connectivity index (χ1) is 18.6. The molecule has 3 amide bonds. The number of halogens is 3. The second-order valence-corrected chi connectivity index (χ2v) is 9.45. The van der Waals surface area contributed by atoms with Crippen molar-refractivity contribution in [3.63, 3.8) is 0 Å². The third kappa shape index (κ3) is 5.43. The first-order valence-electron chi connectivity index (χ1n) is 12.4. The van der Waals surface area contributed by atoms with Crippen LogP contribution >= 0.6 is 0 Å². The van der Waals surface area contributed by atoms with Crippen LogP contribution in [0, 0.1) is 0 Å². The van der Waals surface area contributed by atoms with Crippen LogP contribution in [0.2, 0.25) is 0 Å². The van der Waals surface area contributed by atoms with E-state index < -0.39 is 17.8 Å². The number of nitrogens with zero attached hydrogens (tertiary/aromatic N) is 3. The maximum Gasteiger partial charge on any atom is 0.416 e. The average molecular weight is 541 g/mol. The standard InChI is InChI=1S/C28H27F3N4O4/c1-18-16-33(11-12-34(18)27(37)32-22-8-6-21(7-9-22)28(29,30)31)25(36)24-15-20-10-13-39-26(20)35(24)17-19-4-3-5-23(14-19)38-2/h3-10,13-15,18H,11-12,16-17H2,1-2H3,(H,32,37)/t18-/m1/s1. The number of hydrogen-bond donors (Lipinski definition) is 1. The molecule has 0 spiro atoms. The molecule has 1 N–H and O–H groups in total. The van der Waals surface area contributed by atoms with Gasteiger partial charge < -0.3 is 28.8 Å². The summed E-state index contributed by atoms with van der Waals surface area (Å²) in [7, 11) is 1.60. The van der Waals surface area contributed by atoms with Crippen LogP contribution in [-0.4, -0.2) is 59.1 Å². The topological polar surface area (TPSA) is 80.0 Å². The maximum atomic E-state index is 13.7. The number of hydrogen-bond acceptors (Lipinski definition) is 4. The zero-order valence-corrected chi connectivity index (χ0v) is 21.4. The van der Waals surface area contributed by atoms with Gasteiger partial charge in [-0.25, -0.2) is 4.79 Å². The predicted octanol–water partition coefficient (Wildman–Crippen LogP) is 5.69. The van der Waals surface area contributed by atoms with E-state index in [0.29, 0.717) is 36.8 Å². The smallest absolute Gasteiger partial charge is 0.416 e. The number of aromatic nitrogens is 1. The molecule has 1 fully saturated rings. The lowest BCUT2D eigenvalue weighted by molar-refractivity contribution is -0.137. The molecule has 0 bridgehead atoms. The predicted molar refractivity (Wildman–Crippen MR) is 139 cm³/mol. The molecule has 0 aliphatic carbocycles. The number of furan rings is 1. The Morgan fingerprint density at radius 2 is 1.85 bits per heavy atom. The van der Waals surface area contributed by atoms with Gasteiger partial charge in [-0.2, -0.15) is 13.2 Å². The molecule has 8 nitrogen and oxygen atoms in total. The van der Waals surface area contributed by atoms with Gasteiger partial charge in [0.2, 0.25) is 5.71 Å². The molecule has 2 aromatic carbocycles. The Balaban J connectivity index is 1.28. The second kappa shape index (κ2) is 10.4. The first kappa shape index (κ1) is 26.2. The van der Waals surface area contributed by atoms with Crippen molar-refractivity contribution in [3.05, 3.63) is 83.7 Å². The Kier molecular flexibility index (Phi) is 6.98. The minimum atomic E-state index is -4.45. The Labute approximate surface area is 222 Å². The van der Waals surface area contributed by atoms with Crippen LogP contribution < -0.4 is 10.1 Å². The second-order valence-electron chi connectivity index (χ2n) is 9.45. The van der Waals surface area contributed by atoms with E-state index >= 15 is 0 Å². The van der Waals surface area contributed by atoms with Gasteiger partial charge >= 0.3 is 12.2 Å². The third-order valence-electron chi connectivity index (χ3n) is 6.84. The minimum Gasteiger partial charge on any atom is -0.497 e. The van der Waals surface area contributed by atoms with Gasteiger partial charge in [0.1, 0.15) is 11.4 Å². The summed E-state index contributed by atoms with van der Waals surface area (Å²) in [5, 5.41) is 3.46. The number of nitrogens with one attached hydrogen (secondary N) is 1. The van der Waals surface area contributed by atoms with Crippen LogP contribution in [0.15, 0.2) is 71.3 Å². The fourth-order valence-electron chi connectivity index (χ4n) is 4.81. The van der Waals surface area contributed by atoms with Gasteiger partial charge in [0.15, 0.2) is 0 Å². The van der Waals surface area contributed by atoms with Gasteiger partial charge in [-0.3, -0.25) is 4.79 Å². The van der Waals surface area contributed by atoms with Crippen molar-refractivity contribution in [2.24, 2.45) is 0 Å². The molecule has 1 atom stereocenters. The Bertz CT molecular complexity index is 1490. The highest BCUT2D eigenvalue weighted by Gasteiger charge is 2.33. The highest BCUT2D eigenvalue weighted by Crippen LogP contribution is 2.30. The first-order valence-corrected chi connectivity index (χ1v) is 12.4. The number of methoxy groups -OCH3 is 1. The van der Waals surface area contributed by atoms with E-state index in [9.17, 15) is 22.8 Å². The summed E-state index contributed by atoms with van der Waals surface area (Å²) < 4.78 is 51.3. The largest absolute Gasteiger partial charge is 0.497 e. The fourth-order valence-corrected chi connectivity index (χ4v) is 4.81. The lowest BCUT2D eigenvalue weighted by atomic mass is 10.1. The normalized spacial score (nSPS) is 16.0. The quantitative estimate of drug-likeness (QED) is 0.353. The molecule has 5 rings (SSSR count). The van der Waals surface area contributed by atoms with Crippen molar-refractivity contribution in [2.45, 2.75) is 25.7 Å². The van der Waals surface area contributed by atoms with Gasteiger partial charge in [-0.05, 0) is 61.0 Å². The number of carbonyl (C=O) groups is 2. The van der Waals surface area contributed by atoms with Gasteiger partial charge in [0, 0.05) is 36.7 Å². The van der Waals surface area contributed by atoms with Crippen molar-refractivity contribution in [2.75, 3.05) is 32.1 Å². The molecule has 3 heterocycles. The van der Waals surface area contributed by atoms with Crippen LogP contribution in [0.5, 0.6) is 5.75 Å². The number of alkyl halides is 3. The number of rotatable bonds is 5. The zero-order chi connectivity index (χ0) is 27.7. The van der Waals surface area contributed by atoms with Crippen LogP contribution in [0.25, 0.3) is 11.1 Å². The summed E-state index contributed by atoms with van der Waals surface area (Å²) in [4.78, 5) is 29.8. The summed E-state index contributed by atoms with van der Waals surface area (Å²) >= 11 is 0. The highest BCUT2D eigenvalue weighted by atomic mass is 19.4. The minimum absolute atomic E-state index is 0.182. The Morgan fingerprint density at radius 1 is 1.08 bits per heavy atom. The van der Waals surface area contributed by atoms with Crippen molar-refractivity contribution >= 4 is 28.7 Å². The molecule has 0 unspecified atom stereocenters. The third-order valence-corrected chi connectivity index (χ3v) is 6.84. The molecule has 11 heteroatoms. The number of carbonyl (C=O) groups excluding carboxylic acids is 2. The van der Waals surface area contributed by atoms with Crippen molar-refractivity contribution in [3.8, 4) is 5.75 Å². The SMILES string of the molecule is COc1cccc(Cn2c(C(=O)N3CCN(C(=O)Nc4ccc(C(F)(F)F)cc4)[C@H](C)C3)cc3ccoc32)c1. The van der Waals surface area contributed by atoms with Gasteiger partial charge in [-0.1, -0.05) is 12.1 Å². The number of benzene rings is 2. The Morgan fingerprint density at radius 3 is 2.54 bits per heavy atom. The summed E-state index contributed by atoms with van der Waals surface area (Å²) in [5.74, 6) is 0.529. The molecular weight excluding hydrogens is 513 g/mol. The van der Waals surface area contributed by atoms with E-state index in [4.69, 9.17) is 9.15 Å². The number of urea groups is 1. The maximum absolute atomic E-state index is 13.7. The molecule has 4 aromatic rings. The molecule has 204 valence electrons. The van der Waals surface area contributed by atoms with Crippen LogP contribution in [-0.2, 0) is 12.7 Å².